The molecular weight excluding hydrogens is 468 g/mol. The number of nitrogens with one attached hydrogen (secondary N) is 2. The summed E-state index contributed by atoms with van der Waals surface area (Å²) in [6.45, 7) is 2.44. The van der Waals surface area contributed by atoms with Crippen molar-refractivity contribution in [3.8, 4) is 5.75 Å². The fourth-order valence-corrected chi connectivity index (χ4v) is 4.52. The van der Waals surface area contributed by atoms with Gasteiger partial charge in [-0.15, -0.1) is 0 Å². The number of hydrogen-bond donors (Lipinski definition) is 5. The molecule has 0 saturated heterocycles. The largest absolute Gasteiger partial charge is 0.508 e. The molecule has 0 aliphatic rings. The van der Waals surface area contributed by atoms with Crippen LogP contribution in [0.3, 0.4) is 0 Å². The predicted octanol–water partition coefficient (Wildman–Crippen LogP) is 3.02. The maximum atomic E-state index is 11.9. The van der Waals surface area contributed by atoms with Crippen molar-refractivity contribution >= 4 is 10.0 Å². The molecule has 5 N–H and O–H groups in total. The number of phenols is 1. The summed E-state index contributed by atoms with van der Waals surface area (Å²) in [6, 6.07) is 11.8. The minimum atomic E-state index is -3.40. The number of aromatic hydroxyl groups is 1. The van der Waals surface area contributed by atoms with Crippen LogP contribution in [0.15, 0.2) is 47.4 Å². The first-order chi connectivity index (χ1) is 16.9. The number of ether oxygens (including phenoxy) is 1. The number of aryl methyl sites for hydroxylation is 1. The summed E-state index contributed by atoms with van der Waals surface area (Å²) >= 11 is 0. The summed E-state index contributed by atoms with van der Waals surface area (Å²) in [5, 5.41) is 32.3. The molecule has 0 saturated carbocycles. The van der Waals surface area contributed by atoms with Crippen molar-refractivity contribution in [1.82, 2.24) is 10.0 Å². The van der Waals surface area contributed by atoms with E-state index in [2.05, 4.69) is 10.0 Å². The average Bonchev–Trinajstić information content (AvgIpc) is 2.87. The lowest BCUT2D eigenvalue weighted by atomic mass is 10.1. The van der Waals surface area contributed by atoms with E-state index in [1.54, 1.807) is 30.3 Å². The summed E-state index contributed by atoms with van der Waals surface area (Å²) in [5.74, 6) is 0.0333. The Morgan fingerprint density at radius 1 is 0.971 bits per heavy atom. The van der Waals surface area contributed by atoms with Gasteiger partial charge < -0.3 is 25.4 Å². The van der Waals surface area contributed by atoms with Crippen molar-refractivity contribution in [2.75, 3.05) is 33.4 Å². The third-order valence-electron chi connectivity index (χ3n) is 5.87. The SMILES string of the molecule is CNS(=O)(=O)c1cccc(CCCCOCCCCCCNC[C@H](O)c2ccc(O)c(CO)c2)c1. The van der Waals surface area contributed by atoms with Crippen molar-refractivity contribution in [3.63, 3.8) is 0 Å². The third kappa shape index (κ3) is 10.6. The quantitative estimate of drug-likeness (QED) is 0.196. The van der Waals surface area contributed by atoms with Crippen LogP contribution in [0.25, 0.3) is 0 Å². The van der Waals surface area contributed by atoms with Gasteiger partial charge in [0.2, 0.25) is 10.0 Å². The van der Waals surface area contributed by atoms with Crippen molar-refractivity contribution in [1.29, 1.82) is 0 Å². The van der Waals surface area contributed by atoms with Crippen molar-refractivity contribution in [2.24, 2.45) is 0 Å². The van der Waals surface area contributed by atoms with Crippen LogP contribution in [0.1, 0.15) is 61.3 Å². The van der Waals surface area contributed by atoms with E-state index >= 15 is 0 Å². The number of hydrogen-bond acceptors (Lipinski definition) is 7. The van der Waals surface area contributed by atoms with E-state index in [0.717, 1.165) is 63.7 Å². The van der Waals surface area contributed by atoms with Crippen LogP contribution in [0.5, 0.6) is 5.75 Å². The second kappa shape index (κ2) is 15.9. The van der Waals surface area contributed by atoms with E-state index in [4.69, 9.17) is 4.74 Å². The molecule has 35 heavy (non-hydrogen) atoms. The molecule has 0 unspecified atom stereocenters. The standard InChI is InChI=1S/C26H40N2O6S/c1-27-35(32,33)24-11-8-10-21(17-24)9-4-7-16-34-15-6-3-2-5-14-28-19-26(31)22-12-13-25(30)23(18-22)20-29/h8,10-13,17-18,26-31H,2-7,9,14-16,19-20H2,1H3/t26-/m0/s1. The summed E-state index contributed by atoms with van der Waals surface area (Å²) in [7, 11) is -1.99. The molecule has 0 bridgehead atoms. The molecule has 0 aromatic heterocycles. The van der Waals surface area contributed by atoms with Gasteiger partial charge in [0.25, 0.3) is 0 Å². The minimum Gasteiger partial charge on any atom is -0.508 e. The number of unbranched alkanes of at least 4 members (excludes halogenated alkanes) is 4. The highest BCUT2D eigenvalue weighted by Crippen LogP contribution is 2.22. The molecular formula is C26H40N2O6S. The van der Waals surface area contributed by atoms with E-state index < -0.39 is 16.1 Å². The van der Waals surface area contributed by atoms with Crippen LogP contribution >= 0.6 is 0 Å². The van der Waals surface area contributed by atoms with Crippen LogP contribution < -0.4 is 10.0 Å². The van der Waals surface area contributed by atoms with E-state index in [1.807, 2.05) is 6.07 Å². The normalized spacial score (nSPS) is 12.7. The summed E-state index contributed by atoms with van der Waals surface area (Å²) in [5.41, 5.74) is 2.10. The maximum absolute atomic E-state index is 11.9. The van der Waals surface area contributed by atoms with Gasteiger partial charge in [-0.1, -0.05) is 31.0 Å². The highest BCUT2D eigenvalue weighted by Gasteiger charge is 2.11. The first-order valence-corrected chi connectivity index (χ1v) is 13.8. The number of rotatable bonds is 18. The highest BCUT2D eigenvalue weighted by atomic mass is 32.2. The number of aliphatic hydroxyl groups is 2. The van der Waals surface area contributed by atoms with Crippen molar-refractivity contribution < 1.29 is 28.5 Å². The van der Waals surface area contributed by atoms with E-state index in [9.17, 15) is 23.7 Å². The van der Waals surface area contributed by atoms with Gasteiger partial charge in [0.05, 0.1) is 17.6 Å². The lowest BCUT2D eigenvalue weighted by Crippen LogP contribution is -2.22. The molecule has 8 nitrogen and oxygen atoms in total. The number of benzene rings is 2. The molecule has 0 fully saturated rings. The van der Waals surface area contributed by atoms with E-state index in [1.165, 1.54) is 13.1 Å². The zero-order valence-electron chi connectivity index (χ0n) is 20.6. The first-order valence-electron chi connectivity index (χ1n) is 12.3. The molecule has 0 aliphatic carbocycles. The highest BCUT2D eigenvalue weighted by molar-refractivity contribution is 7.89. The van der Waals surface area contributed by atoms with Gasteiger partial charge in [-0.25, -0.2) is 13.1 Å². The lowest BCUT2D eigenvalue weighted by molar-refractivity contribution is 0.126. The zero-order chi connectivity index (χ0) is 25.5. The van der Waals surface area contributed by atoms with Gasteiger partial charge >= 0.3 is 0 Å². The smallest absolute Gasteiger partial charge is 0.240 e. The van der Waals surface area contributed by atoms with E-state index in [0.29, 0.717) is 29.2 Å². The second-order valence-electron chi connectivity index (χ2n) is 8.60. The number of sulfonamides is 1. The molecule has 1 atom stereocenters. The minimum absolute atomic E-state index is 0.0333. The Balaban J connectivity index is 1.44. The molecule has 0 aliphatic heterocycles. The van der Waals surface area contributed by atoms with Crippen molar-refractivity contribution in [2.45, 2.75) is 62.6 Å². The predicted molar refractivity (Wildman–Crippen MR) is 137 cm³/mol. The lowest BCUT2D eigenvalue weighted by Gasteiger charge is -2.14. The van der Waals surface area contributed by atoms with Crippen LogP contribution in [0.2, 0.25) is 0 Å². The maximum Gasteiger partial charge on any atom is 0.240 e. The van der Waals surface area contributed by atoms with Gasteiger partial charge in [-0.3, -0.25) is 0 Å². The van der Waals surface area contributed by atoms with Gasteiger partial charge in [-0.05, 0) is 81.1 Å². The second-order valence-corrected chi connectivity index (χ2v) is 10.5. The Bertz CT molecular complexity index is 984. The van der Waals surface area contributed by atoms with Gasteiger partial charge in [-0.2, -0.15) is 0 Å². The summed E-state index contributed by atoms with van der Waals surface area (Å²) in [6.07, 6.45) is 6.26. The molecule has 9 heteroatoms. The first kappa shape index (κ1) is 29.2. The molecule has 2 rings (SSSR count). The number of aliphatic hydroxyl groups excluding tert-OH is 2. The third-order valence-corrected chi connectivity index (χ3v) is 7.28. The van der Waals surface area contributed by atoms with E-state index in [-0.39, 0.29) is 12.4 Å². The van der Waals surface area contributed by atoms with Crippen molar-refractivity contribution in [3.05, 3.63) is 59.2 Å². The molecule has 0 spiro atoms. The average molecular weight is 509 g/mol. The molecule has 0 amide bonds. The van der Waals surface area contributed by atoms with Crippen LogP contribution in [0, 0.1) is 0 Å². The fraction of sp³-hybridized carbons (Fsp3) is 0.538. The van der Waals surface area contributed by atoms with Crippen LogP contribution in [0.4, 0.5) is 0 Å². The Morgan fingerprint density at radius 2 is 1.71 bits per heavy atom. The molecule has 196 valence electrons. The van der Waals surface area contributed by atoms with Crippen LogP contribution in [-0.2, 0) is 27.8 Å². The Kier molecular flexibility index (Phi) is 13.3. The van der Waals surface area contributed by atoms with Crippen LogP contribution in [-0.4, -0.2) is 57.1 Å². The monoisotopic (exact) mass is 508 g/mol. The van der Waals surface area contributed by atoms with Gasteiger partial charge in [0, 0.05) is 25.3 Å². The molecule has 2 aromatic rings. The Labute approximate surface area is 209 Å². The molecule has 0 heterocycles. The van der Waals surface area contributed by atoms with Gasteiger partial charge in [0.15, 0.2) is 0 Å². The molecule has 2 aromatic carbocycles. The topological polar surface area (TPSA) is 128 Å². The molecule has 0 radical (unpaired) electrons. The Hall–Kier alpha value is -2.01. The van der Waals surface area contributed by atoms with Gasteiger partial charge in [0.1, 0.15) is 5.75 Å². The summed E-state index contributed by atoms with van der Waals surface area (Å²) in [4.78, 5) is 0.300. The summed E-state index contributed by atoms with van der Waals surface area (Å²) < 4.78 is 31.8. The zero-order valence-corrected chi connectivity index (χ0v) is 21.4. The fourth-order valence-electron chi connectivity index (χ4n) is 3.72. The Morgan fingerprint density at radius 3 is 2.46 bits per heavy atom.